The second kappa shape index (κ2) is 3.81. The fraction of sp³-hybridized carbons (Fsp3) is 0.857. The fourth-order valence-corrected chi connectivity index (χ4v) is 1.28. The summed E-state index contributed by atoms with van der Waals surface area (Å²) < 4.78 is 3.77. The van der Waals surface area contributed by atoms with E-state index in [0.717, 1.165) is 0 Å². The molecule has 1 rings (SSSR count). The first-order valence-electron chi connectivity index (χ1n) is 3.77. The predicted octanol–water partition coefficient (Wildman–Crippen LogP) is 1.04. The Morgan fingerprint density at radius 1 is 1.42 bits per heavy atom. The molecule has 0 atom stereocenters. The van der Waals surface area contributed by atoms with Gasteiger partial charge in [0.15, 0.2) is 4.33 Å². The lowest BCUT2D eigenvalue weighted by atomic mass is 10.3. The molecule has 0 aliphatic carbocycles. The molecule has 5 heteroatoms. The average Bonchev–Trinajstić information content (AvgIpc) is 2.03. The maximum Gasteiger partial charge on any atom is 0.258 e. The number of hydrogen-bond acceptors (Lipinski definition) is 2. The summed E-state index contributed by atoms with van der Waals surface area (Å²) in [5, 5.41) is 0. The standard InChI is InChI=1S/C7H11Cl2NO2/c1-7(8,9)6(11)10-2-4-12-5-3-10/h2-5H2,1H3. The van der Waals surface area contributed by atoms with Gasteiger partial charge in [-0.2, -0.15) is 0 Å². The Morgan fingerprint density at radius 2 is 1.92 bits per heavy atom. The van der Waals surface area contributed by atoms with Crippen LogP contribution < -0.4 is 0 Å². The number of hydrogen-bond donors (Lipinski definition) is 0. The van der Waals surface area contributed by atoms with E-state index in [0.29, 0.717) is 26.3 Å². The fourth-order valence-electron chi connectivity index (χ4n) is 1.04. The van der Waals surface area contributed by atoms with Gasteiger partial charge in [-0.15, -0.1) is 0 Å². The molecule has 0 unspecified atom stereocenters. The molecule has 1 fully saturated rings. The monoisotopic (exact) mass is 211 g/mol. The van der Waals surface area contributed by atoms with Crippen LogP contribution in [0.25, 0.3) is 0 Å². The molecule has 1 amide bonds. The zero-order valence-electron chi connectivity index (χ0n) is 6.85. The van der Waals surface area contributed by atoms with Crippen molar-refractivity contribution >= 4 is 29.1 Å². The van der Waals surface area contributed by atoms with Crippen LogP contribution in [0.1, 0.15) is 6.92 Å². The lowest BCUT2D eigenvalue weighted by molar-refractivity contribution is -0.135. The lowest BCUT2D eigenvalue weighted by Crippen LogP contribution is -2.46. The van der Waals surface area contributed by atoms with Gasteiger partial charge in [0.25, 0.3) is 5.91 Å². The van der Waals surface area contributed by atoms with Gasteiger partial charge in [0.2, 0.25) is 0 Å². The summed E-state index contributed by atoms with van der Waals surface area (Å²) >= 11 is 11.3. The van der Waals surface area contributed by atoms with E-state index >= 15 is 0 Å². The predicted molar refractivity (Wildman–Crippen MR) is 47.5 cm³/mol. The number of morpholine rings is 1. The molecule has 0 bridgehead atoms. The van der Waals surface area contributed by atoms with E-state index < -0.39 is 4.33 Å². The zero-order chi connectivity index (χ0) is 9.19. The van der Waals surface area contributed by atoms with E-state index in [1.165, 1.54) is 6.92 Å². The highest BCUT2D eigenvalue weighted by molar-refractivity contribution is 6.57. The minimum absolute atomic E-state index is 0.242. The van der Waals surface area contributed by atoms with Gasteiger partial charge in [-0.1, -0.05) is 23.2 Å². The van der Waals surface area contributed by atoms with Crippen molar-refractivity contribution in [1.29, 1.82) is 0 Å². The third-order valence-corrected chi connectivity index (χ3v) is 2.00. The normalized spacial score (nSPS) is 19.4. The molecule has 0 aromatic carbocycles. The number of amides is 1. The summed E-state index contributed by atoms with van der Waals surface area (Å²) in [6, 6.07) is 0. The second-order valence-corrected chi connectivity index (χ2v) is 4.50. The maximum atomic E-state index is 11.4. The molecule has 0 aromatic heterocycles. The van der Waals surface area contributed by atoms with Crippen LogP contribution in [0.15, 0.2) is 0 Å². The highest BCUT2D eigenvalue weighted by Crippen LogP contribution is 2.22. The summed E-state index contributed by atoms with van der Waals surface area (Å²) in [5.41, 5.74) is 0. The van der Waals surface area contributed by atoms with Gasteiger partial charge in [-0.05, 0) is 6.92 Å². The Hall–Kier alpha value is 0.01000. The topological polar surface area (TPSA) is 29.5 Å². The third kappa shape index (κ3) is 2.51. The minimum atomic E-state index is -1.31. The van der Waals surface area contributed by atoms with Crippen LogP contribution in [0.3, 0.4) is 0 Å². The molecule has 1 saturated heterocycles. The molecule has 70 valence electrons. The number of rotatable bonds is 1. The third-order valence-electron chi connectivity index (χ3n) is 1.67. The Bertz CT molecular complexity index is 173. The van der Waals surface area contributed by atoms with Gasteiger partial charge in [0, 0.05) is 13.1 Å². The number of halogens is 2. The van der Waals surface area contributed by atoms with E-state index in [-0.39, 0.29) is 5.91 Å². The van der Waals surface area contributed by atoms with E-state index in [1.54, 1.807) is 4.90 Å². The van der Waals surface area contributed by atoms with Crippen LogP contribution in [0, 0.1) is 0 Å². The number of carbonyl (C=O) groups excluding carboxylic acids is 1. The van der Waals surface area contributed by atoms with Crippen molar-refractivity contribution in [2.45, 2.75) is 11.3 Å². The summed E-state index contributed by atoms with van der Waals surface area (Å²) in [6.45, 7) is 3.76. The summed E-state index contributed by atoms with van der Waals surface area (Å²) in [4.78, 5) is 13.0. The van der Waals surface area contributed by atoms with Crippen LogP contribution in [0.5, 0.6) is 0 Å². The van der Waals surface area contributed by atoms with Crippen molar-refractivity contribution in [3.8, 4) is 0 Å². The van der Waals surface area contributed by atoms with Gasteiger partial charge < -0.3 is 9.64 Å². The van der Waals surface area contributed by atoms with Crippen LogP contribution in [-0.2, 0) is 9.53 Å². The van der Waals surface area contributed by atoms with Crippen LogP contribution in [0.2, 0.25) is 0 Å². The molecule has 0 saturated carbocycles. The first kappa shape index (κ1) is 10.1. The summed E-state index contributed by atoms with van der Waals surface area (Å²) in [5.74, 6) is -0.242. The van der Waals surface area contributed by atoms with E-state index in [2.05, 4.69) is 0 Å². The molecule has 12 heavy (non-hydrogen) atoms. The van der Waals surface area contributed by atoms with E-state index in [4.69, 9.17) is 27.9 Å². The highest BCUT2D eigenvalue weighted by atomic mass is 35.5. The van der Waals surface area contributed by atoms with Gasteiger partial charge in [0.1, 0.15) is 0 Å². The van der Waals surface area contributed by atoms with Gasteiger partial charge in [-0.3, -0.25) is 4.79 Å². The van der Waals surface area contributed by atoms with Gasteiger partial charge >= 0.3 is 0 Å². The smallest absolute Gasteiger partial charge is 0.258 e. The molecular formula is C7H11Cl2NO2. The Kier molecular flexibility index (Phi) is 3.21. The molecule has 1 heterocycles. The largest absolute Gasteiger partial charge is 0.378 e. The Morgan fingerprint density at radius 3 is 2.33 bits per heavy atom. The van der Waals surface area contributed by atoms with Crippen molar-refractivity contribution in [3.05, 3.63) is 0 Å². The molecule has 0 aromatic rings. The summed E-state index contributed by atoms with van der Waals surface area (Å²) in [7, 11) is 0. The Labute approximate surface area is 81.6 Å². The second-order valence-electron chi connectivity index (χ2n) is 2.79. The van der Waals surface area contributed by atoms with Crippen LogP contribution in [0.4, 0.5) is 0 Å². The first-order valence-corrected chi connectivity index (χ1v) is 4.52. The zero-order valence-corrected chi connectivity index (χ0v) is 8.36. The maximum absolute atomic E-state index is 11.4. The number of carbonyl (C=O) groups is 1. The number of nitrogens with zero attached hydrogens (tertiary/aromatic N) is 1. The van der Waals surface area contributed by atoms with E-state index in [9.17, 15) is 4.79 Å². The molecule has 3 nitrogen and oxygen atoms in total. The summed E-state index contributed by atoms with van der Waals surface area (Å²) in [6.07, 6.45) is 0. The molecule has 0 N–H and O–H groups in total. The van der Waals surface area contributed by atoms with Crippen molar-refractivity contribution in [3.63, 3.8) is 0 Å². The molecule has 0 radical (unpaired) electrons. The van der Waals surface area contributed by atoms with Crippen molar-refractivity contribution in [1.82, 2.24) is 4.90 Å². The molecular weight excluding hydrogens is 201 g/mol. The highest BCUT2D eigenvalue weighted by Gasteiger charge is 2.32. The molecule has 1 aliphatic heterocycles. The van der Waals surface area contributed by atoms with Crippen LogP contribution >= 0.6 is 23.2 Å². The average molecular weight is 212 g/mol. The SMILES string of the molecule is CC(Cl)(Cl)C(=O)N1CCOCC1. The van der Waals surface area contributed by atoms with E-state index in [1.807, 2.05) is 0 Å². The Balaban J connectivity index is 2.51. The van der Waals surface area contributed by atoms with Gasteiger partial charge in [-0.25, -0.2) is 0 Å². The van der Waals surface area contributed by atoms with Gasteiger partial charge in [0.05, 0.1) is 13.2 Å². The number of ether oxygens (including phenoxy) is 1. The van der Waals surface area contributed by atoms with Crippen molar-refractivity contribution < 1.29 is 9.53 Å². The number of alkyl halides is 2. The van der Waals surface area contributed by atoms with Crippen LogP contribution in [-0.4, -0.2) is 41.4 Å². The van der Waals surface area contributed by atoms with Crippen molar-refractivity contribution in [2.75, 3.05) is 26.3 Å². The lowest BCUT2D eigenvalue weighted by Gasteiger charge is -2.30. The quantitative estimate of drug-likeness (QED) is 0.607. The molecule has 0 spiro atoms. The first-order chi connectivity index (χ1) is 5.52. The minimum Gasteiger partial charge on any atom is -0.378 e. The molecule has 1 aliphatic rings. The van der Waals surface area contributed by atoms with Crippen molar-refractivity contribution in [2.24, 2.45) is 0 Å².